The van der Waals surface area contributed by atoms with Gasteiger partial charge in [0.1, 0.15) is 18.0 Å². The highest BCUT2D eigenvalue weighted by Crippen LogP contribution is 2.56. The Bertz CT molecular complexity index is 659. The monoisotopic (exact) mass is 439 g/mol. The zero-order valence-electron chi connectivity index (χ0n) is 14.7. The average Bonchev–Trinajstić information content (AvgIpc) is 2.56. The molecule has 2 rings (SSSR count). The lowest BCUT2D eigenvalue weighted by atomic mass is 9.71. The third-order valence-electron chi connectivity index (χ3n) is 4.86. The molecule has 8 heteroatoms. The first-order valence-corrected chi connectivity index (χ1v) is 10.3. The summed E-state index contributed by atoms with van der Waals surface area (Å²) in [6, 6.07) is 6.87. The summed E-state index contributed by atoms with van der Waals surface area (Å²) in [6.07, 6.45) is 0.561. The molecule has 1 aliphatic heterocycles. The topological polar surface area (TPSA) is 58.6 Å². The quantitative estimate of drug-likeness (QED) is 0.664. The van der Waals surface area contributed by atoms with E-state index in [4.69, 9.17) is 4.74 Å². The van der Waals surface area contributed by atoms with Crippen LogP contribution in [0.25, 0.3) is 0 Å². The van der Waals surface area contributed by atoms with E-state index in [1.54, 1.807) is 31.2 Å². The Morgan fingerprint density at radius 1 is 1.44 bits per heavy atom. The molecule has 1 aromatic rings. The van der Waals surface area contributed by atoms with Crippen LogP contribution in [0, 0.1) is 0 Å². The summed E-state index contributed by atoms with van der Waals surface area (Å²) in [5, 5.41) is 9.12. The maximum Gasteiger partial charge on any atom is 0.294 e. The summed E-state index contributed by atoms with van der Waals surface area (Å²) < 4.78 is 51.4. The van der Waals surface area contributed by atoms with Crippen molar-refractivity contribution >= 4 is 26.9 Å². The molecular formula is C17H24BrF2NO3S. The lowest BCUT2D eigenvalue weighted by molar-refractivity contribution is -0.179. The molecule has 2 unspecified atom stereocenters. The van der Waals surface area contributed by atoms with Gasteiger partial charge < -0.3 is 9.84 Å². The molecule has 4 nitrogen and oxygen atoms in total. The average molecular weight is 440 g/mol. The van der Waals surface area contributed by atoms with Gasteiger partial charge in [0.25, 0.3) is 5.92 Å². The van der Waals surface area contributed by atoms with Gasteiger partial charge in [0, 0.05) is 10.8 Å². The zero-order valence-corrected chi connectivity index (χ0v) is 17.1. The molecule has 2 N–H and O–H groups in total. The molecule has 25 heavy (non-hydrogen) atoms. The second kappa shape index (κ2) is 7.21. The maximum absolute atomic E-state index is 15.1. The number of benzene rings is 1. The number of alkyl halides is 3. The van der Waals surface area contributed by atoms with Crippen molar-refractivity contribution in [2.24, 2.45) is 0 Å². The SMILES string of the molecule is CC[C@@H](C)S(=O)N[C@]1(C(F)(F)CO)C(Br)c2ccccc2OC1(C)C. The van der Waals surface area contributed by atoms with Gasteiger partial charge >= 0.3 is 0 Å². The van der Waals surface area contributed by atoms with Crippen LogP contribution in [0.5, 0.6) is 5.75 Å². The molecular weight excluding hydrogens is 416 g/mol. The first-order valence-electron chi connectivity index (χ1n) is 8.13. The lowest BCUT2D eigenvalue weighted by Gasteiger charge is -2.55. The minimum absolute atomic E-state index is 0.334. The molecule has 0 fully saturated rings. The molecule has 0 saturated carbocycles. The molecule has 1 heterocycles. The number of aliphatic hydroxyl groups excluding tert-OH is 1. The summed E-state index contributed by atoms with van der Waals surface area (Å²) in [5.41, 5.74) is -3.05. The van der Waals surface area contributed by atoms with Gasteiger partial charge in [-0.15, -0.1) is 0 Å². The third-order valence-corrected chi connectivity index (χ3v) is 7.63. The molecule has 0 aliphatic carbocycles. The fourth-order valence-electron chi connectivity index (χ4n) is 3.09. The van der Waals surface area contributed by atoms with E-state index in [1.165, 1.54) is 13.8 Å². The van der Waals surface area contributed by atoms with Gasteiger partial charge in [0.2, 0.25) is 0 Å². The summed E-state index contributed by atoms with van der Waals surface area (Å²) in [4.78, 5) is -0.921. The van der Waals surface area contributed by atoms with E-state index in [0.717, 1.165) is 0 Å². The van der Waals surface area contributed by atoms with Crippen LogP contribution in [-0.4, -0.2) is 38.2 Å². The van der Waals surface area contributed by atoms with Gasteiger partial charge in [-0.3, -0.25) is 0 Å². The molecule has 0 bridgehead atoms. The predicted molar refractivity (Wildman–Crippen MR) is 98.6 cm³/mol. The molecule has 0 aromatic heterocycles. The Morgan fingerprint density at radius 3 is 2.60 bits per heavy atom. The molecule has 1 aliphatic rings. The van der Waals surface area contributed by atoms with Crippen LogP contribution in [0.4, 0.5) is 8.78 Å². The van der Waals surface area contributed by atoms with Crippen LogP contribution in [0.3, 0.4) is 0 Å². The zero-order chi connectivity index (χ0) is 19.0. The van der Waals surface area contributed by atoms with Gasteiger partial charge in [-0.2, -0.15) is 0 Å². The second-order valence-electron chi connectivity index (χ2n) is 6.80. The highest BCUT2D eigenvalue weighted by atomic mass is 79.9. The van der Waals surface area contributed by atoms with Crippen LogP contribution in [-0.2, 0) is 11.0 Å². The third kappa shape index (κ3) is 3.26. The van der Waals surface area contributed by atoms with Gasteiger partial charge in [-0.25, -0.2) is 17.7 Å². The fraction of sp³-hybridized carbons (Fsp3) is 0.647. The van der Waals surface area contributed by atoms with Crippen molar-refractivity contribution in [2.45, 2.75) is 61.3 Å². The molecule has 0 saturated heterocycles. The van der Waals surface area contributed by atoms with E-state index < -0.39 is 39.5 Å². The largest absolute Gasteiger partial charge is 0.485 e. The van der Waals surface area contributed by atoms with Crippen LogP contribution < -0.4 is 9.46 Å². The minimum atomic E-state index is -3.60. The summed E-state index contributed by atoms with van der Waals surface area (Å²) in [7, 11) is -1.74. The number of halogens is 3. The molecule has 0 spiro atoms. The van der Waals surface area contributed by atoms with Crippen LogP contribution >= 0.6 is 15.9 Å². The van der Waals surface area contributed by atoms with E-state index in [2.05, 4.69) is 20.7 Å². The van der Waals surface area contributed by atoms with Crippen molar-refractivity contribution in [1.82, 2.24) is 4.72 Å². The predicted octanol–water partition coefficient (Wildman–Crippen LogP) is 3.71. The second-order valence-corrected chi connectivity index (χ2v) is 9.32. The molecule has 142 valence electrons. The van der Waals surface area contributed by atoms with Gasteiger partial charge in [-0.05, 0) is 33.3 Å². The van der Waals surface area contributed by atoms with E-state index in [0.29, 0.717) is 17.7 Å². The molecule has 4 atom stereocenters. The number of hydrogen-bond donors (Lipinski definition) is 2. The van der Waals surface area contributed by atoms with E-state index in [1.807, 2.05) is 6.92 Å². The molecule has 1 aromatic carbocycles. The number of nitrogens with one attached hydrogen (secondary N) is 1. The Balaban J connectivity index is 2.67. The minimum Gasteiger partial charge on any atom is -0.485 e. The van der Waals surface area contributed by atoms with E-state index >= 15 is 8.78 Å². The van der Waals surface area contributed by atoms with Crippen molar-refractivity contribution in [3.05, 3.63) is 29.8 Å². The van der Waals surface area contributed by atoms with Crippen molar-refractivity contribution in [3.63, 3.8) is 0 Å². The first-order chi connectivity index (χ1) is 11.5. The van der Waals surface area contributed by atoms with Gasteiger partial charge in [0.15, 0.2) is 5.54 Å². The fourth-order valence-corrected chi connectivity index (χ4v) is 5.95. The van der Waals surface area contributed by atoms with Crippen molar-refractivity contribution in [3.8, 4) is 5.75 Å². The Morgan fingerprint density at radius 2 is 2.04 bits per heavy atom. The standard InChI is InChI=1S/C17H24BrF2NO3S/c1-5-11(2)25(23)21-17(16(19,20)10-22)14(18)12-8-6-7-9-13(12)24-15(17,3)4/h6-9,11,14,21-22H,5,10H2,1-4H3/t11-,14?,17-,25?/m1/s1. The molecule has 0 radical (unpaired) electrons. The van der Waals surface area contributed by atoms with Gasteiger partial charge in [0.05, 0.1) is 15.8 Å². The van der Waals surface area contributed by atoms with Crippen LogP contribution in [0.15, 0.2) is 24.3 Å². The maximum atomic E-state index is 15.1. The summed E-state index contributed by atoms with van der Waals surface area (Å²) in [5.74, 6) is -3.11. The Kier molecular flexibility index (Phi) is 5.98. The smallest absolute Gasteiger partial charge is 0.294 e. The van der Waals surface area contributed by atoms with Gasteiger partial charge in [-0.1, -0.05) is 41.1 Å². The molecule has 0 amide bonds. The Labute approximate surface area is 158 Å². The van der Waals surface area contributed by atoms with Crippen LogP contribution in [0.1, 0.15) is 44.5 Å². The number of ether oxygens (including phenoxy) is 1. The van der Waals surface area contributed by atoms with E-state index in [9.17, 15) is 9.32 Å². The number of fused-ring (bicyclic) bond motifs is 1. The summed E-state index contributed by atoms with van der Waals surface area (Å²) in [6.45, 7) is 5.20. The number of rotatable bonds is 6. The van der Waals surface area contributed by atoms with Crippen molar-refractivity contribution in [1.29, 1.82) is 0 Å². The van der Waals surface area contributed by atoms with Crippen LogP contribution in [0.2, 0.25) is 0 Å². The Hall–Kier alpha value is -0.570. The summed E-state index contributed by atoms with van der Waals surface area (Å²) >= 11 is 3.39. The van der Waals surface area contributed by atoms with Crippen molar-refractivity contribution < 1.29 is 22.8 Å². The lowest BCUT2D eigenvalue weighted by Crippen LogP contribution is -2.76. The number of aliphatic hydroxyl groups is 1. The van der Waals surface area contributed by atoms with E-state index in [-0.39, 0.29) is 5.25 Å². The first kappa shape index (κ1) is 20.7. The number of hydrogen-bond acceptors (Lipinski definition) is 3. The number of para-hydroxylation sites is 1. The normalized spacial score (nSPS) is 27.9. The highest BCUT2D eigenvalue weighted by Gasteiger charge is 2.69. The highest BCUT2D eigenvalue weighted by molar-refractivity contribution is 9.09. The van der Waals surface area contributed by atoms with Crippen molar-refractivity contribution in [2.75, 3.05) is 6.61 Å².